The largest absolute Gasteiger partial charge is 0.461 e. The van der Waals surface area contributed by atoms with Gasteiger partial charge in [0, 0.05) is 28.3 Å². The number of esters is 2. The van der Waals surface area contributed by atoms with Crippen molar-refractivity contribution in [2.75, 3.05) is 0 Å². The Labute approximate surface area is 171 Å². The van der Waals surface area contributed by atoms with Crippen molar-refractivity contribution in [3.8, 4) is 0 Å². The molecule has 28 heavy (non-hydrogen) atoms. The molecule has 0 radical (unpaired) electrons. The Kier molecular flexibility index (Phi) is 4.78. The predicted octanol–water partition coefficient (Wildman–Crippen LogP) is 4.02. The average molecular weight is 445 g/mol. The van der Waals surface area contributed by atoms with E-state index in [0.29, 0.717) is 22.0 Å². The maximum absolute atomic E-state index is 12.8. The van der Waals surface area contributed by atoms with Gasteiger partial charge in [-0.15, -0.1) is 0 Å². The second-order valence-electron chi connectivity index (χ2n) is 7.82. The Bertz CT molecular complexity index is 944. The van der Waals surface area contributed by atoms with Gasteiger partial charge in [-0.25, -0.2) is 4.79 Å². The molecule has 1 saturated heterocycles. The summed E-state index contributed by atoms with van der Waals surface area (Å²) in [5, 5.41) is 0. The van der Waals surface area contributed by atoms with E-state index in [1.807, 2.05) is 26.8 Å². The van der Waals surface area contributed by atoms with Crippen LogP contribution in [-0.2, 0) is 19.1 Å². The van der Waals surface area contributed by atoms with Gasteiger partial charge in [0.2, 0.25) is 0 Å². The van der Waals surface area contributed by atoms with Crippen molar-refractivity contribution in [1.29, 1.82) is 0 Å². The fraction of sp³-hybridized carbons (Fsp3) is 0.409. The molecule has 2 unspecified atom stereocenters. The summed E-state index contributed by atoms with van der Waals surface area (Å²) in [5.74, 6) is -1.75. The molecule has 5 atom stereocenters. The van der Waals surface area contributed by atoms with Crippen molar-refractivity contribution >= 4 is 33.7 Å². The highest BCUT2D eigenvalue weighted by molar-refractivity contribution is 9.10. The topological polar surface area (TPSA) is 69.7 Å². The first-order valence-electron chi connectivity index (χ1n) is 9.37. The highest BCUT2D eigenvalue weighted by atomic mass is 79.9. The van der Waals surface area contributed by atoms with Crippen LogP contribution >= 0.6 is 15.9 Å². The van der Waals surface area contributed by atoms with Crippen molar-refractivity contribution < 1.29 is 23.9 Å². The molecule has 0 bridgehead atoms. The van der Waals surface area contributed by atoms with Crippen LogP contribution in [0.25, 0.3) is 0 Å². The molecule has 1 aromatic carbocycles. The summed E-state index contributed by atoms with van der Waals surface area (Å²) in [4.78, 5) is 37.7. The number of allylic oxidation sites excluding steroid dienone is 1. The van der Waals surface area contributed by atoms with E-state index < -0.39 is 24.1 Å². The molecule has 4 rings (SSSR count). The minimum Gasteiger partial charge on any atom is -0.461 e. The number of rotatable bonds is 2. The maximum Gasteiger partial charge on any atom is 0.339 e. The summed E-state index contributed by atoms with van der Waals surface area (Å²) in [5.41, 5.74) is 2.91. The SMILES string of the molecule is CC1=CC(=O)C2=C(C)C[C@H](OC(=O)c3ccccc3Br)C3[C@H](OC(=O)[C@H]3C)C12. The van der Waals surface area contributed by atoms with Crippen LogP contribution in [0.4, 0.5) is 0 Å². The maximum atomic E-state index is 12.8. The van der Waals surface area contributed by atoms with E-state index >= 15 is 0 Å². The Balaban J connectivity index is 1.72. The quantitative estimate of drug-likeness (QED) is 0.644. The van der Waals surface area contributed by atoms with E-state index in [0.717, 1.165) is 11.1 Å². The molecule has 0 amide bonds. The molecule has 146 valence electrons. The summed E-state index contributed by atoms with van der Waals surface area (Å²) in [6.07, 6.45) is 1.02. The van der Waals surface area contributed by atoms with Crippen LogP contribution in [0, 0.1) is 17.8 Å². The van der Waals surface area contributed by atoms with E-state index in [9.17, 15) is 14.4 Å². The normalized spacial score (nSPS) is 31.7. The van der Waals surface area contributed by atoms with Gasteiger partial charge >= 0.3 is 11.9 Å². The molecule has 1 fully saturated rings. The number of carbonyl (C=O) groups excluding carboxylic acids is 3. The second-order valence-corrected chi connectivity index (χ2v) is 8.67. The van der Waals surface area contributed by atoms with Crippen molar-refractivity contribution in [2.24, 2.45) is 17.8 Å². The van der Waals surface area contributed by atoms with E-state index in [4.69, 9.17) is 9.47 Å². The zero-order chi connectivity index (χ0) is 20.2. The molecule has 1 heterocycles. The summed E-state index contributed by atoms with van der Waals surface area (Å²) in [7, 11) is 0. The van der Waals surface area contributed by atoms with E-state index in [1.54, 1.807) is 24.3 Å². The Morgan fingerprint density at radius 3 is 2.64 bits per heavy atom. The number of fused-ring (bicyclic) bond motifs is 3. The van der Waals surface area contributed by atoms with Crippen molar-refractivity contribution in [1.82, 2.24) is 0 Å². The molecule has 0 aromatic heterocycles. The Morgan fingerprint density at radius 1 is 1.21 bits per heavy atom. The van der Waals surface area contributed by atoms with Crippen molar-refractivity contribution in [3.05, 3.63) is 57.1 Å². The predicted molar refractivity (Wildman–Crippen MR) is 105 cm³/mol. The number of ketones is 1. The molecule has 2 aliphatic carbocycles. The van der Waals surface area contributed by atoms with Crippen LogP contribution in [0.1, 0.15) is 37.6 Å². The molecular formula is C22H21BrO5. The van der Waals surface area contributed by atoms with Gasteiger partial charge in [-0.05, 0) is 48.0 Å². The lowest BCUT2D eigenvalue weighted by Crippen LogP contribution is -2.38. The Morgan fingerprint density at radius 2 is 1.93 bits per heavy atom. The number of ether oxygens (including phenoxy) is 2. The first kappa shape index (κ1) is 19.1. The van der Waals surface area contributed by atoms with Gasteiger partial charge < -0.3 is 9.47 Å². The smallest absolute Gasteiger partial charge is 0.339 e. The lowest BCUT2D eigenvalue weighted by Gasteiger charge is -2.29. The second kappa shape index (κ2) is 6.99. The van der Waals surface area contributed by atoms with Gasteiger partial charge in [-0.3, -0.25) is 9.59 Å². The standard InChI is InChI=1S/C22H21BrO5/c1-10-8-15(24)17-11(2)9-16(19-12(3)21(25)28-20(19)18(10)17)27-22(26)13-6-4-5-7-14(13)23/h4-8,12,16,18-20H,9H2,1-3H3/t12-,16-,18?,19?,20+/m0/s1. The number of halogens is 1. The van der Waals surface area contributed by atoms with Crippen LogP contribution < -0.4 is 0 Å². The fourth-order valence-electron chi connectivity index (χ4n) is 4.74. The zero-order valence-corrected chi connectivity index (χ0v) is 17.5. The minimum atomic E-state index is -0.537. The molecule has 6 heteroatoms. The molecular weight excluding hydrogens is 424 g/mol. The van der Waals surface area contributed by atoms with Gasteiger partial charge in [0.25, 0.3) is 0 Å². The third kappa shape index (κ3) is 2.94. The number of hydrogen-bond donors (Lipinski definition) is 0. The highest BCUT2D eigenvalue weighted by Gasteiger charge is 2.55. The zero-order valence-electron chi connectivity index (χ0n) is 15.9. The molecule has 3 aliphatic rings. The molecule has 5 nitrogen and oxygen atoms in total. The van der Waals surface area contributed by atoms with Gasteiger partial charge in [0.1, 0.15) is 12.2 Å². The average Bonchev–Trinajstić information content (AvgIpc) is 3.05. The fourth-order valence-corrected chi connectivity index (χ4v) is 5.18. The van der Waals surface area contributed by atoms with Crippen LogP contribution in [0.15, 0.2) is 51.5 Å². The third-order valence-corrected chi connectivity index (χ3v) is 6.78. The summed E-state index contributed by atoms with van der Waals surface area (Å²) in [6.45, 7) is 5.60. The van der Waals surface area contributed by atoms with E-state index in [-0.39, 0.29) is 23.6 Å². The van der Waals surface area contributed by atoms with Crippen LogP contribution in [-0.4, -0.2) is 29.9 Å². The van der Waals surface area contributed by atoms with E-state index in [2.05, 4.69) is 15.9 Å². The van der Waals surface area contributed by atoms with Crippen molar-refractivity contribution in [2.45, 2.75) is 39.4 Å². The number of carbonyl (C=O) groups is 3. The lowest BCUT2D eigenvalue weighted by molar-refractivity contribution is -0.144. The summed E-state index contributed by atoms with van der Waals surface area (Å²) < 4.78 is 12.3. The van der Waals surface area contributed by atoms with Gasteiger partial charge in [-0.2, -0.15) is 0 Å². The summed E-state index contributed by atoms with van der Waals surface area (Å²) in [6, 6.07) is 7.07. The number of benzene rings is 1. The van der Waals surface area contributed by atoms with Crippen LogP contribution in [0.3, 0.4) is 0 Å². The van der Waals surface area contributed by atoms with Gasteiger partial charge in [0.15, 0.2) is 5.78 Å². The lowest BCUT2D eigenvalue weighted by atomic mass is 9.79. The first-order chi connectivity index (χ1) is 13.3. The van der Waals surface area contributed by atoms with E-state index in [1.165, 1.54) is 0 Å². The molecule has 1 aliphatic heterocycles. The van der Waals surface area contributed by atoms with Crippen LogP contribution in [0.5, 0.6) is 0 Å². The number of hydrogen-bond acceptors (Lipinski definition) is 5. The molecule has 1 aromatic rings. The van der Waals surface area contributed by atoms with Crippen LogP contribution in [0.2, 0.25) is 0 Å². The Hall–Kier alpha value is -2.21. The summed E-state index contributed by atoms with van der Waals surface area (Å²) >= 11 is 3.38. The highest BCUT2D eigenvalue weighted by Crippen LogP contribution is 2.48. The molecule has 0 spiro atoms. The molecule has 0 saturated carbocycles. The minimum absolute atomic E-state index is 0.0351. The van der Waals surface area contributed by atoms with Crippen molar-refractivity contribution in [3.63, 3.8) is 0 Å². The third-order valence-electron chi connectivity index (χ3n) is 6.08. The monoisotopic (exact) mass is 444 g/mol. The van der Waals surface area contributed by atoms with Gasteiger partial charge in [0.05, 0.1) is 11.5 Å². The molecule has 0 N–H and O–H groups in total. The van der Waals surface area contributed by atoms with Gasteiger partial charge in [-0.1, -0.05) is 30.2 Å². The first-order valence-corrected chi connectivity index (χ1v) is 10.2.